The Hall–Kier alpha value is -2.98. The molecule has 1 atom stereocenters. The lowest BCUT2D eigenvalue weighted by Gasteiger charge is -2.49. The van der Waals surface area contributed by atoms with Gasteiger partial charge >= 0.3 is 0 Å². The molecule has 188 valence electrons. The zero-order valence-corrected chi connectivity index (χ0v) is 21.2. The summed E-state index contributed by atoms with van der Waals surface area (Å²) < 4.78 is 21.2. The number of H-pyrrole nitrogens is 1. The third-order valence-corrected chi connectivity index (χ3v) is 6.88. The third-order valence-electron chi connectivity index (χ3n) is 6.28. The van der Waals surface area contributed by atoms with Crippen LogP contribution in [-0.2, 0) is 0 Å². The minimum absolute atomic E-state index is 0.0609. The fraction of sp³-hybridized carbons (Fsp3) is 0.320. The number of halogens is 3. The van der Waals surface area contributed by atoms with Crippen LogP contribution in [0.1, 0.15) is 25.5 Å². The van der Waals surface area contributed by atoms with Crippen molar-refractivity contribution in [3.63, 3.8) is 0 Å². The van der Waals surface area contributed by atoms with Gasteiger partial charge in [0.2, 0.25) is 0 Å². The molecule has 11 heteroatoms. The van der Waals surface area contributed by atoms with E-state index in [2.05, 4.69) is 25.5 Å². The number of aliphatic hydroxyl groups excluding tert-OH is 1. The number of rotatable bonds is 8. The van der Waals surface area contributed by atoms with E-state index in [1.54, 1.807) is 6.20 Å². The molecule has 8 nitrogen and oxygen atoms in total. The monoisotopic (exact) mass is 530 g/mol. The van der Waals surface area contributed by atoms with Crippen molar-refractivity contribution in [3.05, 3.63) is 64.3 Å². The first-order chi connectivity index (χ1) is 17.3. The molecule has 0 unspecified atom stereocenters. The Balaban J connectivity index is 1.37. The first kappa shape index (κ1) is 24.7. The largest absolute Gasteiger partial charge is 0.486 e. The summed E-state index contributed by atoms with van der Waals surface area (Å²) in [6.07, 6.45) is 4.25. The van der Waals surface area contributed by atoms with Crippen LogP contribution in [0.4, 0.5) is 10.2 Å². The van der Waals surface area contributed by atoms with Crippen LogP contribution in [0.15, 0.2) is 42.9 Å². The van der Waals surface area contributed by atoms with Crippen LogP contribution < -0.4 is 15.0 Å². The number of pyridine rings is 2. The molecular weight excluding hydrogens is 506 g/mol. The summed E-state index contributed by atoms with van der Waals surface area (Å²) >= 11 is 12.5. The van der Waals surface area contributed by atoms with E-state index in [0.29, 0.717) is 58.1 Å². The number of benzene rings is 1. The number of β-amino-alcohol motifs (C(OH)–C–C–N with tert-alkyl or cyclic N) is 1. The van der Waals surface area contributed by atoms with Gasteiger partial charge in [-0.2, -0.15) is 5.10 Å². The molecule has 1 fully saturated rings. The van der Waals surface area contributed by atoms with Crippen molar-refractivity contribution in [1.82, 2.24) is 25.5 Å². The van der Waals surface area contributed by atoms with Gasteiger partial charge in [-0.05, 0) is 38.1 Å². The summed E-state index contributed by atoms with van der Waals surface area (Å²) in [6, 6.07) is 6.95. The van der Waals surface area contributed by atoms with E-state index in [1.807, 2.05) is 36.9 Å². The Kier molecular flexibility index (Phi) is 6.74. The molecule has 4 aromatic rings. The van der Waals surface area contributed by atoms with Crippen LogP contribution in [0.2, 0.25) is 10.0 Å². The van der Waals surface area contributed by atoms with Gasteiger partial charge in [0.05, 0.1) is 27.7 Å². The highest BCUT2D eigenvalue weighted by Crippen LogP contribution is 2.36. The Bertz CT molecular complexity index is 1390. The Morgan fingerprint density at radius 2 is 1.97 bits per heavy atom. The van der Waals surface area contributed by atoms with Gasteiger partial charge in [0.1, 0.15) is 17.5 Å². The second-order valence-electron chi connectivity index (χ2n) is 9.15. The number of ether oxygens (including phenoxy) is 1. The fourth-order valence-electron chi connectivity index (χ4n) is 4.57. The Morgan fingerprint density at radius 3 is 2.67 bits per heavy atom. The lowest BCUT2D eigenvalue weighted by molar-refractivity contribution is 0.227. The van der Waals surface area contributed by atoms with Gasteiger partial charge in [-0.25, -0.2) is 9.37 Å². The predicted octanol–water partition coefficient (Wildman–Crippen LogP) is 4.77. The lowest BCUT2D eigenvalue weighted by atomic mass is 9.92. The molecule has 0 saturated carbocycles. The molecule has 1 aliphatic heterocycles. The molecule has 1 aliphatic rings. The fourth-order valence-corrected chi connectivity index (χ4v) is 5.24. The van der Waals surface area contributed by atoms with Crippen LogP contribution in [0.25, 0.3) is 22.2 Å². The Morgan fingerprint density at radius 1 is 1.22 bits per heavy atom. The molecule has 3 N–H and O–H groups in total. The Labute approximate surface area is 217 Å². The quantitative estimate of drug-likeness (QED) is 0.301. The molecule has 3 aromatic heterocycles. The number of anilines is 1. The van der Waals surface area contributed by atoms with Crippen molar-refractivity contribution < 1.29 is 14.2 Å². The molecule has 4 heterocycles. The van der Waals surface area contributed by atoms with Crippen molar-refractivity contribution in [2.75, 3.05) is 31.1 Å². The summed E-state index contributed by atoms with van der Waals surface area (Å²) in [5, 5.41) is 21.3. The molecule has 5 rings (SSSR count). The SMILES string of the molecule is C[C@@H](Oc1ccc2[nH]nc(-c3cnc(N4CC(C)(NCCO)C4)c(F)c3)c2c1)c1c(Cl)cncc1Cl. The van der Waals surface area contributed by atoms with Crippen molar-refractivity contribution in [3.8, 4) is 17.0 Å². The molecule has 0 bridgehead atoms. The van der Waals surface area contributed by atoms with Crippen molar-refractivity contribution in [2.45, 2.75) is 25.5 Å². The number of aromatic nitrogens is 4. The average molecular weight is 531 g/mol. The van der Waals surface area contributed by atoms with Crippen LogP contribution >= 0.6 is 23.2 Å². The number of aliphatic hydroxyl groups is 1. The molecule has 36 heavy (non-hydrogen) atoms. The van der Waals surface area contributed by atoms with Gasteiger partial charge in [0.15, 0.2) is 11.6 Å². The van der Waals surface area contributed by atoms with E-state index in [0.717, 1.165) is 10.9 Å². The van der Waals surface area contributed by atoms with Crippen molar-refractivity contribution in [1.29, 1.82) is 0 Å². The van der Waals surface area contributed by atoms with Gasteiger partial charge in [0, 0.05) is 54.7 Å². The van der Waals surface area contributed by atoms with Crippen molar-refractivity contribution >= 4 is 39.9 Å². The predicted molar refractivity (Wildman–Crippen MR) is 138 cm³/mol. The normalized spacial score (nSPS) is 15.7. The molecule has 0 amide bonds. The topological polar surface area (TPSA) is 99.2 Å². The number of fused-ring (bicyclic) bond motifs is 1. The zero-order valence-electron chi connectivity index (χ0n) is 19.7. The molecule has 1 saturated heterocycles. The second-order valence-corrected chi connectivity index (χ2v) is 9.97. The highest BCUT2D eigenvalue weighted by molar-refractivity contribution is 6.35. The summed E-state index contributed by atoms with van der Waals surface area (Å²) in [4.78, 5) is 10.2. The molecule has 1 aromatic carbocycles. The van der Waals surface area contributed by atoms with Gasteiger partial charge in [-0.3, -0.25) is 10.1 Å². The van der Waals surface area contributed by atoms with Gasteiger partial charge in [-0.1, -0.05) is 23.2 Å². The minimum Gasteiger partial charge on any atom is -0.486 e. The molecule has 0 radical (unpaired) electrons. The number of nitrogens with zero attached hydrogens (tertiary/aromatic N) is 4. The molecule has 0 aliphatic carbocycles. The number of hydrogen-bond donors (Lipinski definition) is 3. The summed E-state index contributed by atoms with van der Waals surface area (Å²) in [7, 11) is 0. The van der Waals surface area contributed by atoms with Gasteiger partial charge in [-0.15, -0.1) is 0 Å². The maximum absolute atomic E-state index is 15.1. The van der Waals surface area contributed by atoms with Crippen LogP contribution in [0.3, 0.4) is 0 Å². The zero-order chi connectivity index (χ0) is 25.4. The molecular formula is C25H25Cl2FN6O2. The first-order valence-electron chi connectivity index (χ1n) is 11.5. The maximum atomic E-state index is 15.1. The van der Waals surface area contributed by atoms with E-state index in [4.69, 9.17) is 33.0 Å². The third kappa shape index (κ3) is 4.71. The number of aromatic amines is 1. The lowest BCUT2D eigenvalue weighted by Crippen LogP contribution is -2.68. The van der Waals surface area contributed by atoms with Crippen LogP contribution in [0, 0.1) is 5.82 Å². The maximum Gasteiger partial charge on any atom is 0.166 e. The van der Waals surface area contributed by atoms with E-state index in [-0.39, 0.29) is 12.1 Å². The molecule has 0 spiro atoms. The van der Waals surface area contributed by atoms with E-state index in [9.17, 15) is 0 Å². The minimum atomic E-state index is -0.423. The van der Waals surface area contributed by atoms with Crippen molar-refractivity contribution in [2.24, 2.45) is 0 Å². The smallest absolute Gasteiger partial charge is 0.166 e. The standard InChI is InChI=1S/C25H25Cl2FN6O2/c1-14(22-18(26)10-29-11-19(22)27)36-16-3-4-21-17(8-16)23(33-32-21)15-7-20(28)24(30-9-15)34-12-25(2,13-34)31-5-6-35/h3-4,7-11,14,31,35H,5-6,12-13H2,1-2H3,(H,32,33)/t14-/m1/s1. The summed E-state index contributed by atoms with van der Waals surface area (Å²) in [5.41, 5.74) is 2.37. The second kappa shape index (κ2) is 9.82. The summed E-state index contributed by atoms with van der Waals surface area (Å²) in [6.45, 7) is 5.66. The van der Waals surface area contributed by atoms with E-state index in [1.165, 1.54) is 18.5 Å². The van der Waals surface area contributed by atoms with E-state index >= 15 is 4.39 Å². The van der Waals surface area contributed by atoms with E-state index < -0.39 is 11.9 Å². The number of nitrogens with one attached hydrogen (secondary N) is 2. The number of hydrogen-bond acceptors (Lipinski definition) is 7. The van der Waals surface area contributed by atoms with Gasteiger partial charge in [0.25, 0.3) is 0 Å². The first-order valence-corrected chi connectivity index (χ1v) is 12.2. The average Bonchev–Trinajstić information content (AvgIpc) is 3.24. The highest BCUT2D eigenvalue weighted by Gasteiger charge is 2.39. The van der Waals surface area contributed by atoms with Crippen LogP contribution in [0.5, 0.6) is 5.75 Å². The van der Waals surface area contributed by atoms with Gasteiger partial charge < -0.3 is 20.1 Å². The highest BCUT2D eigenvalue weighted by atomic mass is 35.5. The summed E-state index contributed by atoms with van der Waals surface area (Å²) in [5.74, 6) is 0.462. The van der Waals surface area contributed by atoms with Crippen LogP contribution in [-0.4, -0.2) is 57.1 Å².